The van der Waals surface area contributed by atoms with Crippen molar-refractivity contribution in [3.63, 3.8) is 0 Å². The third-order valence-corrected chi connectivity index (χ3v) is 3.50. The smallest absolute Gasteiger partial charge is 0.338 e. The minimum absolute atomic E-state index is 0.0563. The largest absolute Gasteiger partial charge is 0.461 e. The Hall–Kier alpha value is -2.66. The molecular weight excluding hydrogens is 308 g/mol. The molecule has 0 amide bonds. The molecule has 0 saturated carbocycles. The van der Waals surface area contributed by atoms with Gasteiger partial charge in [-0.15, -0.1) is 0 Å². The van der Waals surface area contributed by atoms with Crippen LogP contribution in [0.1, 0.15) is 27.6 Å². The van der Waals surface area contributed by atoms with Gasteiger partial charge in [-0.25, -0.2) is 9.59 Å². The average molecular weight is 328 g/mol. The van der Waals surface area contributed by atoms with Crippen LogP contribution in [0.25, 0.3) is 0 Å². The van der Waals surface area contributed by atoms with Crippen molar-refractivity contribution >= 4 is 11.9 Å². The number of carbonyl (C=O) groups excluding carboxylic acids is 2. The molecule has 0 bridgehead atoms. The lowest BCUT2D eigenvalue weighted by atomic mass is 9.94. The van der Waals surface area contributed by atoms with E-state index < -0.39 is 17.4 Å². The molecule has 0 saturated heterocycles. The van der Waals surface area contributed by atoms with Crippen molar-refractivity contribution in [3.05, 3.63) is 71.8 Å². The SMILES string of the molecule is CC(CO)(COC(=O)c1ccccc1)COC(=O)c1ccccc1. The van der Waals surface area contributed by atoms with E-state index in [4.69, 9.17) is 9.47 Å². The van der Waals surface area contributed by atoms with Crippen molar-refractivity contribution in [2.24, 2.45) is 5.41 Å². The van der Waals surface area contributed by atoms with Crippen LogP contribution in [0.15, 0.2) is 60.7 Å². The van der Waals surface area contributed by atoms with E-state index in [0.717, 1.165) is 0 Å². The van der Waals surface area contributed by atoms with Crippen LogP contribution >= 0.6 is 0 Å². The van der Waals surface area contributed by atoms with E-state index in [0.29, 0.717) is 11.1 Å². The summed E-state index contributed by atoms with van der Waals surface area (Å²) in [5, 5.41) is 9.57. The Morgan fingerprint density at radius 1 is 0.833 bits per heavy atom. The lowest BCUT2D eigenvalue weighted by molar-refractivity contribution is -0.0194. The Balaban J connectivity index is 1.89. The molecule has 24 heavy (non-hydrogen) atoms. The zero-order valence-corrected chi connectivity index (χ0v) is 13.5. The number of rotatable bonds is 7. The number of benzene rings is 2. The molecule has 5 heteroatoms. The van der Waals surface area contributed by atoms with E-state index in [1.807, 2.05) is 0 Å². The van der Waals surface area contributed by atoms with Gasteiger partial charge in [-0.2, -0.15) is 0 Å². The van der Waals surface area contributed by atoms with Gasteiger partial charge in [0.05, 0.1) is 23.1 Å². The van der Waals surface area contributed by atoms with Crippen molar-refractivity contribution in [3.8, 4) is 0 Å². The van der Waals surface area contributed by atoms with Crippen molar-refractivity contribution in [2.45, 2.75) is 6.92 Å². The summed E-state index contributed by atoms with van der Waals surface area (Å²) in [4.78, 5) is 23.9. The molecule has 126 valence electrons. The molecule has 0 heterocycles. The van der Waals surface area contributed by atoms with E-state index in [1.165, 1.54) is 0 Å². The Kier molecular flexibility index (Phi) is 6.09. The first-order valence-corrected chi connectivity index (χ1v) is 7.59. The highest BCUT2D eigenvalue weighted by molar-refractivity contribution is 5.89. The second-order valence-corrected chi connectivity index (χ2v) is 5.85. The number of aliphatic hydroxyl groups is 1. The lowest BCUT2D eigenvalue weighted by Gasteiger charge is -2.26. The lowest BCUT2D eigenvalue weighted by Crippen LogP contribution is -2.35. The predicted octanol–water partition coefficient (Wildman–Crippen LogP) is 2.70. The maximum atomic E-state index is 12.0. The summed E-state index contributed by atoms with van der Waals surface area (Å²) in [5.74, 6) is -0.964. The predicted molar refractivity (Wildman–Crippen MR) is 88.6 cm³/mol. The molecule has 2 rings (SSSR count). The van der Waals surface area contributed by atoms with Gasteiger partial charge in [-0.1, -0.05) is 43.3 Å². The van der Waals surface area contributed by atoms with Crippen LogP contribution in [-0.4, -0.2) is 36.9 Å². The second-order valence-electron chi connectivity index (χ2n) is 5.85. The van der Waals surface area contributed by atoms with Crippen LogP contribution in [0.3, 0.4) is 0 Å². The number of hydrogen-bond donors (Lipinski definition) is 1. The summed E-state index contributed by atoms with van der Waals surface area (Å²) >= 11 is 0. The van der Waals surface area contributed by atoms with E-state index >= 15 is 0 Å². The Bertz CT molecular complexity index is 611. The van der Waals surface area contributed by atoms with Crippen LogP contribution in [0.5, 0.6) is 0 Å². The standard InChI is InChI=1S/C19H20O5/c1-19(12-20,13-23-17(21)15-8-4-2-5-9-15)14-24-18(22)16-10-6-3-7-11-16/h2-11,20H,12-14H2,1H3. The summed E-state index contributed by atoms with van der Waals surface area (Å²) in [5.41, 5.74) is -0.00680. The van der Waals surface area contributed by atoms with Gasteiger partial charge in [0.15, 0.2) is 0 Å². The normalized spacial score (nSPS) is 10.9. The monoisotopic (exact) mass is 328 g/mol. The van der Waals surface area contributed by atoms with Gasteiger partial charge in [-0.05, 0) is 24.3 Å². The van der Waals surface area contributed by atoms with Crippen molar-refractivity contribution < 1.29 is 24.2 Å². The molecule has 1 N–H and O–H groups in total. The molecule has 0 atom stereocenters. The number of aliphatic hydroxyl groups excluding tert-OH is 1. The molecular formula is C19H20O5. The van der Waals surface area contributed by atoms with Gasteiger partial charge in [0.1, 0.15) is 13.2 Å². The minimum Gasteiger partial charge on any atom is -0.461 e. The van der Waals surface area contributed by atoms with E-state index in [1.54, 1.807) is 67.6 Å². The molecule has 0 fully saturated rings. The van der Waals surface area contributed by atoms with Crippen molar-refractivity contribution in [2.75, 3.05) is 19.8 Å². The summed E-state index contributed by atoms with van der Waals surface area (Å²) in [6, 6.07) is 17.2. The van der Waals surface area contributed by atoms with Gasteiger partial charge in [0.2, 0.25) is 0 Å². The van der Waals surface area contributed by atoms with Crippen molar-refractivity contribution in [1.29, 1.82) is 0 Å². The maximum Gasteiger partial charge on any atom is 0.338 e. The average Bonchev–Trinajstić information content (AvgIpc) is 2.65. The molecule has 0 aromatic heterocycles. The first-order chi connectivity index (χ1) is 11.5. The third-order valence-electron chi connectivity index (χ3n) is 3.50. The van der Waals surface area contributed by atoms with Gasteiger partial charge in [0, 0.05) is 0 Å². The summed E-state index contributed by atoms with van der Waals surface area (Å²) < 4.78 is 10.5. The molecule has 0 radical (unpaired) electrons. The van der Waals surface area contributed by atoms with Crippen LogP contribution in [0.2, 0.25) is 0 Å². The van der Waals surface area contributed by atoms with E-state index in [2.05, 4.69) is 0 Å². The number of carbonyl (C=O) groups is 2. The van der Waals surface area contributed by atoms with Gasteiger partial charge in [-0.3, -0.25) is 0 Å². The molecule has 0 unspecified atom stereocenters. The number of hydrogen-bond acceptors (Lipinski definition) is 5. The Morgan fingerprint density at radius 3 is 1.54 bits per heavy atom. The van der Waals surface area contributed by atoms with Crippen LogP contribution in [0, 0.1) is 5.41 Å². The highest BCUT2D eigenvalue weighted by Gasteiger charge is 2.28. The molecule has 2 aromatic rings. The van der Waals surface area contributed by atoms with Crippen LogP contribution in [-0.2, 0) is 9.47 Å². The third kappa shape index (κ3) is 4.93. The number of esters is 2. The molecule has 5 nitrogen and oxygen atoms in total. The van der Waals surface area contributed by atoms with Crippen LogP contribution < -0.4 is 0 Å². The highest BCUT2D eigenvalue weighted by Crippen LogP contribution is 2.18. The fourth-order valence-corrected chi connectivity index (χ4v) is 1.93. The summed E-state index contributed by atoms with van der Waals surface area (Å²) in [6.45, 7) is 1.29. The Morgan fingerprint density at radius 2 is 1.21 bits per heavy atom. The number of ether oxygens (including phenoxy) is 2. The minimum atomic E-state index is -0.866. The summed E-state index contributed by atoms with van der Waals surface area (Å²) in [6.07, 6.45) is 0. The fraction of sp³-hybridized carbons (Fsp3) is 0.263. The molecule has 2 aromatic carbocycles. The second kappa shape index (κ2) is 8.26. The van der Waals surface area contributed by atoms with Gasteiger partial charge in [0.25, 0.3) is 0 Å². The molecule has 0 aliphatic rings. The highest BCUT2D eigenvalue weighted by atomic mass is 16.5. The van der Waals surface area contributed by atoms with E-state index in [9.17, 15) is 14.7 Å². The van der Waals surface area contributed by atoms with Gasteiger partial charge >= 0.3 is 11.9 Å². The van der Waals surface area contributed by atoms with E-state index in [-0.39, 0.29) is 19.8 Å². The molecule has 0 aliphatic heterocycles. The first-order valence-electron chi connectivity index (χ1n) is 7.59. The zero-order valence-electron chi connectivity index (χ0n) is 13.5. The molecule has 0 aliphatic carbocycles. The zero-order chi connectivity index (χ0) is 17.4. The van der Waals surface area contributed by atoms with Crippen molar-refractivity contribution in [1.82, 2.24) is 0 Å². The first kappa shape index (κ1) is 17.7. The molecule has 0 spiro atoms. The quantitative estimate of drug-likeness (QED) is 0.791. The Labute approximate surface area is 140 Å². The fourth-order valence-electron chi connectivity index (χ4n) is 1.93. The van der Waals surface area contributed by atoms with Crippen LogP contribution in [0.4, 0.5) is 0 Å². The topological polar surface area (TPSA) is 72.8 Å². The maximum absolute atomic E-state index is 12.0. The summed E-state index contributed by atoms with van der Waals surface area (Å²) in [7, 11) is 0. The van der Waals surface area contributed by atoms with Gasteiger partial charge < -0.3 is 14.6 Å².